The molecule has 14 rings (SSSR count). The van der Waals surface area contributed by atoms with E-state index in [9.17, 15) is 13.2 Å². The number of carbonyl (C=O) groups excluding carboxylic acids is 1. The standard InChI is InChI=1S/C17H24NO.C16H14NO3S.C15H17N2O2.C13H16NO.C12H18NO.C10H14NO.C8H10NO/c1-3-5-9-15(4-2)14-19-18-13-8-11-16-10-6-7-12-17(16)18;1-13-8-10-15(11-9-13)21(18,19)20-17-12-4-6-14-5-2-3-7-16(14)17;18-15(16-10-4-1-5-11-16)19-17-12-6-8-13-7-2-3-9-14(13)17;1-13(2,3)15-14-10-6-8-11-7-4-5-9-12(11)14;1-11-7-5-6-10-13(11)14-12-8-3-2-4-9-12;1-5-12-11-9(3)6-8(2)7-10(11)4;1-3-10-9-6-4-5-8(2)7-9/h6-8,10-13,15H,3-5,9,14H2,1-2H3;2-12H,1H3;2-3,6-9,12H,1,4-5,10-11H2;4-10H,1-3H3;5-7,10,12H,2-4,8-9H2,1H3;5-7H,1H2,2-4H3;3-7H,1H2,2H3/q7*+1. The fourth-order valence-corrected chi connectivity index (χ4v) is 13.2. The van der Waals surface area contributed by atoms with Gasteiger partial charge in [0.25, 0.3) is 22.1 Å². The monoisotopic (exact) mass is 1510 g/mol. The van der Waals surface area contributed by atoms with Gasteiger partial charge < -0.3 is 4.90 Å². The summed E-state index contributed by atoms with van der Waals surface area (Å²) in [6, 6.07) is 68.3. The van der Waals surface area contributed by atoms with Gasteiger partial charge in [0, 0.05) is 151 Å². The Morgan fingerprint density at radius 3 is 1.51 bits per heavy atom. The Balaban J connectivity index is 0.000000163. The second-order valence-electron chi connectivity index (χ2n) is 28.2. The Morgan fingerprint density at radius 2 is 0.982 bits per heavy atom. The summed E-state index contributed by atoms with van der Waals surface area (Å²) >= 11 is 0. The van der Waals surface area contributed by atoms with E-state index in [0.29, 0.717) is 17.5 Å². The van der Waals surface area contributed by atoms with Crippen LogP contribution in [0.4, 0.5) is 4.79 Å². The van der Waals surface area contributed by atoms with Crippen molar-refractivity contribution in [1.82, 2.24) is 4.90 Å². The van der Waals surface area contributed by atoms with Crippen LogP contribution in [0.2, 0.25) is 0 Å². The number of para-hydroxylation sites is 4. The van der Waals surface area contributed by atoms with Gasteiger partial charge >= 0.3 is 16.2 Å². The zero-order chi connectivity index (χ0) is 78.7. The number of aromatic nitrogens is 7. The van der Waals surface area contributed by atoms with E-state index < -0.39 is 10.1 Å². The maximum Gasteiger partial charge on any atom is 0.478 e. The third-order valence-electron chi connectivity index (χ3n) is 18.0. The lowest BCUT2D eigenvalue weighted by Gasteiger charge is -2.23. The molecule has 110 heavy (non-hydrogen) atoms. The first-order valence-electron chi connectivity index (χ1n) is 38.2. The molecule has 18 nitrogen and oxygen atoms in total. The van der Waals surface area contributed by atoms with Crippen LogP contribution < -0.4 is 66.4 Å². The molecule has 1 amide bonds. The molecule has 19 heteroatoms. The molecular formula is C91H113N8O10S+7. The molecule has 0 radical (unpaired) electrons. The van der Waals surface area contributed by atoms with E-state index in [1.807, 2.05) is 203 Å². The van der Waals surface area contributed by atoms with E-state index in [4.69, 9.17) is 33.3 Å². The molecule has 0 bridgehead atoms. The number of piperidine rings is 1. The van der Waals surface area contributed by atoms with Crippen molar-refractivity contribution in [2.45, 2.75) is 170 Å². The van der Waals surface area contributed by atoms with E-state index in [1.54, 1.807) is 55.8 Å². The van der Waals surface area contributed by atoms with Crippen molar-refractivity contribution in [2.75, 3.05) is 19.7 Å². The van der Waals surface area contributed by atoms with Crippen LogP contribution in [0.5, 0.6) is 0 Å². The van der Waals surface area contributed by atoms with Gasteiger partial charge in [-0.25, -0.2) is 14.5 Å². The number of likely N-dealkylation sites (tertiary alicyclic amines) is 1. The highest BCUT2D eigenvalue weighted by atomic mass is 32.2. The minimum absolute atomic E-state index is 0.133. The predicted molar refractivity (Wildman–Crippen MR) is 431 cm³/mol. The molecule has 8 heterocycles. The molecule has 2 aliphatic rings. The minimum Gasteiger partial charge on any atom is -0.303 e. The average Bonchev–Trinajstić information content (AvgIpc) is 0.788. The summed E-state index contributed by atoms with van der Waals surface area (Å²) in [5.74, 6) is 0.659. The topological polar surface area (TPSA) is 146 Å². The first kappa shape index (κ1) is 84.3. The van der Waals surface area contributed by atoms with Crippen molar-refractivity contribution < 1.29 is 79.6 Å². The maximum absolute atomic E-state index is 12.3. The summed E-state index contributed by atoms with van der Waals surface area (Å²) in [5.41, 5.74) is 10.3. The van der Waals surface area contributed by atoms with Crippen LogP contribution in [-0.2, 0) is 10.1 Å². The van der Waals surface area contributed by atoms with Crippen LogP contribution in [0.25, 0.3) is 43.6 Å². The zero-order valence-electron chi connectivity index (χ0n) is 66.1. The van der Waals surface area contributed by atoms with E-state index in [1.165, 1.54) is 110 Å². The lowest BCUT2D eigenvalue weighted by Crippen LogP contribution is -2.52. The molecule has 5 aromatic carbocycles. The maximum atomic E-state index is 12.3. The van der Waals surface area contributed by atoms with E-state index in [0.717, 1.165) is 88.1 Å². The summed E-state index contributed by atoms with van der Waals surface area (Å²) in [7, 11) is -3.86. The molecule has 1 saturated carbocycles. The third kappa shape index (κ3) is 27.1. The van der Waals surface area contributed by atoms with Gasteiger partial charge in [-0.15, -0.1) is 4.28 Å². The largest absolute Gasteiger partial charge is 0.478 e. The zero-order valence-corrected chi connectivity index (χ0v) is 67.0. The molecule has 1 aliphatic heterocycles. The van der Waals surface area contributed by atoms with E-state index in [-0.39, 0.29) is 16.6 Å². The molecule has 0 N–H and O–H groups in total. The first-order valence-corrected chi connectivity index (χ1v) is 39.6. The minimum atomic E-state index is -3.86. The molecule has 1 saturated heterocycles. The number of amides is 1. The molecule has 2 fully saturated rings. The van der Waals surface area contributed by atoms with Crippen LogP contribution in [0.1, 0.15) is 145 Å². The van der Waals surface area contributed by atoms with Crippen LogP contribution in [0.15, 0.2) is 286 Å². The summed E-state index contributed by atoms with van der Waals surface area (Å²) < 4.78 is 41.7. The quantitative estimate of drug-likeness (QED) is 0.0601. The number of rotatable bonds is 18. The number of benzene rings is 5. The van der Waals surface area contributed by atoms with Crippen LogP contribution in [-0.4, -0.2) is 50.8 Å². The Hall–Kier alpha value is -11.3. The molecule has 1 atom stereocenters. The van der Waals surface area contributed by atoms with Gasteiger partial charge in [-0.1, -0.05) is 112 Å². The highest BCUT2D eigenvalue weighted by Crippen LogP contribution is 2.19. The molecule has 7 aromatic heterocycles. The lowest BCUT2D eigenvalue weighted by atomic mass is 9.98. The van der Waals surface area contributed by atoms with Crippen LogP contribution in [0, 0.1) is 47.5 Å². The number of fused-ring (bicyclic) bond motifs is 4. The number of aryl methyl sites for hydroxylation is 6. The molecule has 1 unspecified atom stereocenters. The third-order valence-corrected chi connectivity index (χ3v) is 19.2. The second kappa shape index (κ2) is 43.6. The summed E-state index contributed by atoms with van der Waals surface area (Å²) in [4.78, 5) is 47.4. The predicted octanol–water partition coefficient (Wildman–Crippen LogP) is 14.9. The van der Waals surface area contributed by atoms with Gasteiger partial charge in [-0.3, -0.25) is 14.5 Å². The van der Waals surface area contributed by atoms with Gasteiger partial charge in [0.05, 0.1) is 21.5 Å². The normalized spacial score (nSPS) is 12.8. The van der Waals surface area contributed by atoms with Crippen LogP contribution in [0.3, 0.4) is 0 Å². The van der Waals surface area contributed by atoms with E-state index in [2.05, 4.69) is 108 Å². The smallest absolute Gasteiger partial charge is 0.303 e. The van der Waals surface area contributed by atoms with Crippen molar-refractivity contribution >= 4 is 59.8 Å². The fourth-order valence-electron chi connectivity index (χ4n) is 12.3. The fraction of sp³-hybridized carbons (Fsp3) is 0.319. The summed E-state index contributed by atoms with van der Waals surface area (Å²) in [5, 5.41) is 4.35. The Labute approximate surface area is 651 Å². The Kier molecular flexibility index (Phi) is 33.4. The van der Waals surface area contributed by atoms with Crippen molar-refractivity contribution in [1.29, 1.82) is 0 Å². The van der Waals surface area contributed by atoms with Gasteiger partial charge in [-0.05, 0) is 184 Å². The average molecular weight is 1510 g/mol. The van der Waals surface area contributed by atoms with E-state index >= 15 is 0 Å². The van der Waals surface area contributed by atoms with Crippen molar-refractivity contribution in [3.63, 3.8) is 0 Å². The highest BCUT2D eigenvalue weighted by molar-refractivity contribution is 7.86. The number of carbonyl (C=O) groups is 1. The number of pyridine rings is 7. The number of hydrogen-bond donors (Lipinski definition) is 0. The summed E-state index contributed by atoms with van der Waals surface area (Å²) in [6.07, 6.45) is 30.7. The molecule has 1 aliphatic carbocycles. The number of nitrogens with zero attached hydrogens (tertiary/aromatic N) is 8. The number of unbranched alkanes of at least 4 members (excludes halogenated alkanes) is 1. The van der Waals surface area contributed by atoms with Gasteiger partial charge in [-0.2, -0.15) is 13.3 Å². The Morgan fingerprint density at radius 1 is 0.509 bits per heavy atom. The van der Waals surface area contributed by atoms with Crippen molar-refractivity contribution in [2.24, 2.45) is 5.92 Å². The van der Waals surface area contributed by atoms with Crippen LogP contribution >= 0.6 is 0 Å². The number of hydrogen-bond acceptors (Lipinski definition) is 10. The summed E-state index contributed by atoms with van der Waals surface area (Å²) in [6.45, 7) is 32.0. The van der Waals surface area contributed by atoms with Crippen molar-refractivity contribution in [3.05, 3.63) is 315 Å². The SMILES string of the molecule is C=CO[n+]1c(C)cc(C)cc1C.C=CO[n+]1cccc(C)c1.CC(C)(C)O[n+]1cccc2ccccc21.CCCCC(CC)CO[n+]1cccc2ccccc21.Cc1ccc(S(=O)(=O)O[n+]2cccc3ccccc32)cc1.Cc1cccc[n+]1OC1CCCCC1.O=C(O[n+]1cccc2ccccc21)N1CCCCC1. The molecule has 0 spiro atoms. The lowest BCUT2D eigenvalue weighted by molar-refractivity contribution is -0.903. The Bertz CT molecular complexity index is 4940. The first-order chi connectivity index (χ1) is 53.1. The highest BCUT2D eigenvalue weighted by Gasteiger charge is 2.27. The van der Waals surface area contributed by atoms with Crippen molar-refractivity contribution in [3.8, 4) is 0 Å². The van der Waals surface area contributed by atoms with Gasteiger partial charge in [0.15, 0.2) is 30.8 Å². The van der Waals surface area contributed by atoms with Gasteiger partial charge in [0.1, 0.15) is 4.90 Å². The van der Waals surface area contributed by atoms with Gasteiger partial charge in [0.2, 0.25) is 60.5 Å². The molecule has 12 aromatic rings. The molecular weight excluding hydrogens is 1400 g/mol. The second-order valence-corrected chi connectivity index (χ2v) is 29.7. The molecule has 576 valence electrons.